The van der Waals surface area contributed by atoms with Crippen molar-refractivity contribution in [1.29, 1.82) is 0 Å². The van der Waals surface area contributed by atoms with Crippen molar-refractivity contribution in [2.45, 2.75) is 37.5 Å². The fraction of sp³-hybridized carbons (Fsp3) is 0.318. The van der Waals surface area contributed by atoms with Crippen molar-refractivity contribution in [2.75, 3.05) is 5.73 Å². The zero-order valence-corrected chi connectivity index (χ0v) is 18.0. The maximum Gasteiger partial charge on any atom is 0.224 e. The van der Waals surface area contributed by atoms with Crippen molar-refractivity contribution in [2.24, 2.45) is 5.92 Å². The molecule has 0 radical (unpaired) electrons. The minimum absolute atomic E-state index is 0.0475. The van der Waals surface area contributed by atoms with E-state index in [-0.39, 0.29) is 17.2 Å². The molecule has 1 aliphatic carbocycles. The number of aliphatic hydroxyl groups excluding tert-OH is 2. The maximum atomic E-state index is 10.7. The number of nitrogens with two attached hydrogens (primary N) is 1. The van der Waals surface area contributed by atoms with Gasteiger partial charge >= 0.3 is 0 Å². The van der Waals surface area contributed by atoms with Crippen LogP contribution in [0, 0.1) is 5.92 Å². The summed E-state index contributed by atoms with van der Waals surface area (Å²) in [7, 11) is 0. The van der Waals surface area contributed by atoms with Crippen molar-refractivity contribution in [3.05, 3.63) is 58.6 Å². The van der Waals surface area contributed by atoms with E-state index in [9.17, 15) is 10.2 Å². The first-order chi connectivity index (χ1) is 14.9. The second-order valence-corrected chi connectivity index (χ2v) is 8.85. The third-order valence-corrected chi connectivity index (χ3v) is 6.71. The zero-order chi connectivity index (χ0) is 21.7. The molecule has 31 heavy (non-hydrogen) atoms. The lowest BCUT2D eigenvalue weighted by Gasteiger charge is -2.19. The highest BCUT2D eigenvalue weighted by atomic mass is 35.5. The van der Waals surface area contributed by atoms with Crippen LogP contribution in [0.15, 0.2) is 42.7 Å². The molecule has 1 aromatic carbocycles. The molecule has 1 aliphatic rings. The molecule has 0 amide bonds. The second kappa shape index (κ2) is 7.91. The second-order valence-electron chi connectivity index (χ2n) is 8.11. The molecule has 4 atom stereocenters. The lowest BCUT2D eigenvalue weighted by molar-refractivity contribution is 0.00545. The summed E-state index contributed by atoms with van der Waals surface area (Å²) >= 11 is 12.0. The number of nitrogen functional groups attached to an aromatic ring is 1. The quantitative estimate of drug-likeness (QED) is 0.402. The molecule has 0 bridgehead atoms. The molecule has 7 nitrogen and oxygen atoms in total. The Morgan fingerprint density at radius 2 is 1.90 bits per heavy atom. The summed E-state index contributed by atoms with van der Waals surface area (Å²) in [5.41, 5.74) is 8.38. The molecule has 9 heteroatoms. The average molecular weight is 458 g/mol. The van der Waals surface area contributed by atoms with Crippen LogP contribution in [0.25, 0.3) is 21.9 Å². The summed E-state index contributed by atoms with van der Waals surface area (Å²) in [6.45, 7) is 0. The summed E-state index contributed by atoms with van der Waals surface area (Å²) in [6.07, 6.45) is 3.96. The van der Waals surface area contributed by atoms with E-state index in [1.54, 1.807) is 6.20 Å². The number of halogens is 2. The van der Waals surface area contributed by atoms with Gasteiger partial charge in [0.05, 0.1) is 22.7 Å². The number of hydrogen-bond acceptors (Lipinski definition) is 6. The molecule has 0 spiro atoms. The summed E-state index contributed by atoms with van der Waals surface area (Å²) in [4.78, 5) is 12.7. The Morgan fingerprint density at radius 1 is 1.06 bits per heavy atom. The van der Waals surface area contributed by atoms with E-state index in [0.717, 1.165) is 34.7 Å². The average Bonchev–Trinajstić information content (AvgIpc) is 3.28. The first-order valence-corrected chi connectivity index (χ1v) is 10.9. The van der Waals surface area contributed by atoms with Gasteiger partial charge in [0.1, 0.15) is 17.6 Å². The predicted molar refractivity (Wildman–Crippen MR) is 121 cm³/mol. The van der Waals surface area contributed by atoms with Crippen LogP contribution in [-0.4, -0.2) is 41.9 Å². The van der Waals surface area contributed by atoms with E-state index >= 15 is 0 Å². The van der Waals surface area contributed by atoms with Gasteiger partial charge in [0, 0.05) is 23.2 Å². The molecular formula is C22H21Cl2N5O2. The third kappa shape index (κ3) is 3.72. The Bertz CT molecular complexity index is 1280. The maximum absolute atomic E-state index is 10.7. The summed E-state index contributed by atoms with van der Waals surface area (Å²) < 4.78 is 1.89. The Morgan fingerprint density at radius 3 is 2.74 bits per heavy atom. The van der Waals surface area contributed by atoms with Crippen molar-refractivity contribution in [3.8, 4) is 0 Å². The summed E-state index contributed by atoms with van der Waals surface area (Å²) in [5.74, 6) is 0.264. The van der Waals surface area contributed by atoms with Crippen LogP contribution in [0.2, 0.25) is 10.3 Å². The van der Waals surface area contributed by atoms with Crippen molar-refractivity contribution < 1.29 is 10.2 Å². The number of aliphatic hydroxyl groups is 2. The minimum Gasteiger partial charge on any atom is -0.390 e. The van der Waals surface area contributed by atoms with Gasteiger partial charge in [0.15, 0.2) is 0 Å². The van der Waals surface area contributed by atoms with Crippen LogP contribution in [0.3, 0.4) is 0 Å². The summed E-state index contributed by atoms with van der Waals surface area (Å²) in [5, 5.41) is 23.8. The molecule has 0 saturated heterocycles. The fourth-order valence-corrected chi connectivity index (χ4v) is 4.84. The van der Waals surface area contributed by atoms with Gasteiger partial charge in [-0.25, -0.2) is 9.97 Å². The fourth-order valence-electron chi connectivity index (χ4n) is 4.56. The smallest absolute Gasteiger partial charge is 0.224 e. The van der Waals surface area contributed by atoms with Crippen LogP contribution in [-0.2, 0) is 6.42 Å². The third-order valence-electron chi connectivity index (χ3n) is 6.22. The Balaban J connectivity index is 1.34. The number of fused-ring (bicyclic) bond motifs is 2. The van der Waals surface area contributed by atoms with Gasteiger partial charge in [0.2, 0.25) is 5.28 Å². The van der Waals surface area contributed by atoms with Gasteiger partial charge in [-0.3, -0.25) is 0 Å². The lowest BCUT2D eigenvalue weighted by Crippen LogP contribution is -2.29. The number of benzene rings is 1. The normalized spacial score (nSPS) is 23.7. The molecule has 3 heterocycles. The number of aryl methyl sites for hydroxylation is 1. The zero-order valence-electron chi connectivity index (χ0n) is 16.5. The predicted octanol–water partition coefficient (Wildman–Crippen LogP) is 3.78. The topological polar surface area (TPSA) is 110 Å². The Labute approximate surface area is 188 Å². The molecule has 0 unspecified atom stereocenters. The molecule has 3 aromatic heterocycles. The van der Waals surface area contributed by atoms with E-state index < -0.39 is 12.2 Å². The minimum atomic E-state index is -0.880. The van der Waals surface area contributed by atoms with Crippen LogP contribution < -0.4 is 5.73 Å². The first kappa shape index (κ1) is 20.5. The molecule has 5 rings (SSSR count). The Kier molecular flexibility index (Phi) is 5.22. The highest BCUT2D eigenvalue weighted by Gasteiger charge is 2.42. The van der Waals surface area contributed by atoms with E-state index in [1.807, 2.05) is 41.1 Å². The molecule has 160 valence electrons. The first-order valence-electron chi connectivity index (χ1n) is 10.1. The van der Waals surface area contributed by atoms with E-state index in [4.69, 9.17) is 28.9 Å². The molecule has 4 N–H and O–H groups in total. The number of rotatable bonds is 4. The SMILES string of the molecule is Nc1nc2cc(CC[C@H]3C[C@@H](n4ccc5cnc(Cl)nc54)[C@H](O)[C@@H]3O)ccc2cc1Cl. The van der Waals surface area contributed by atoms with Gasteiger partial charge in [-0.05, 0) is 60.5 Å². The van der Waals surface area contributed by atoms with E-state index in [1.165, 1.54) is 0 Å². The van der Waals surface area contributed by atoms with E-state index in [2.05, 4.69) is 15.0 Å². The van der Waals surface area contributed by atoms with Gasteiger partial charge in [-0.1, -0.05) is 23.7 Å². The lowest BCUT2D eigenvalue weighted by atomic mass is 9.95. The van der Waals surface area contributed by atoms with Gasteiger partial charge in [-0.15, -0.1) is 0 Å². The van der Waals surface area contributed by atoms with Crippen LogP contribution in [0.4, 0.5) is 5.82 Å². The van der Waals surface area contributed by atoms with Crippen molar-refractivity contribution in [3.63, 3.8) is 0 Å². The number of hydrogen-bond donors (Lipinski definition) is 3. The van der Waals surface area contributed by atoms with Crippen molar-refractivity contribution >= 4 is 51.0 Å². The monoisotopic (exact) mass is 457 g/mol. The number of nitrogens with zero attached hydrogens (tertiary/aromatic N) is 4. The van der Waals surface area contributed by atoms with Crippen LogP contribution in [0.5, 0.6) is 0 Å². The molecular weight excluding hydrogens is 437 g/mol. The highest BCUT2D eigenvalue weighted by Crippen LogP contribution is 2.39. The van der Waals surface area contributed by atoms with Gasteiger partial charge < -0.3 is 20.5 Å². The van der Waals surface area contributed by atoms with Crippen LogP contribution >= 0.6 is 23.2 Å². The standard InChI is InChI=1S/C22H21Cl2N5O2/c23-15-8-12-3-1-11(7-16(12)27-20(15)25)2-4-13-9-17(19(31)18(13)30)29-6-5-14-10-26-22(24)28-21(14)29/h1,3,5-8,10,13,17-19,30-31H,2,4,9H2,(H2,25,27)/t13-,17+,18+,19-/m0/s1. The number of pyridine rings is 1. The molecule has 4 aromatic rings. The number of aromatic nitrogens is 4. The van der Waals surface area contributed by atoms with E-state index in [0.29, 0.717) is 22.9 Å². The molecule has 1 fully saturated rings. The van der Waals surface area contributed by atoms with Crippen LogP contribution in [0.1, 0.15) is 24.4 Å². The Hall–Kier alpha value is -2.45. The highest BCUT2D eigenvalue weighted by molar-refractivity contribution is 6.33. The molecule has 0 aliphatic heterocycles. The molecule has 1 saturated carbocycles. The van der Waals surface area contributed by atoms with Gasteiger partial charge in [0.25, 0.3) is 0 Å². The van der Waals surface area contributed by atoms with Gasteiger partial charge in [-0.2, -0.15) is 4.98 Å². The largest absolute Gasteiger partial charge is 0.390 e. The number of anilines is 1. The summed E-state index contributed by atoms with van der Waals surface area (Å²) in [6, 6.07) is 9.42. The van der Waals surface area contributed by atoms with Crippen molar-refractivity contribution in [1.82, 2.24) is 19.5 Å².